The zero-order chi connectivity index (χ0) is 15.9. The zero-order valence-electron chi connectivity index (χ0n) is 13.6. The lowest BCUT2D eigenvalue weighted by Crippen LogP contribution is -2.35. The van der Waals surface area contributed by atoms with Crippen LogP contribution in [0.25, 0.3) is 0 Å². The molecule has 0 fully saturated rings. The van der Waals surface area contributed by atoms with E-state index in [0.717, 1.165) is 18.7 Å². The normalized spacial score (nSPS) is 12.8. The molecule has 0 aliphatic heterocycles. The van der Waals surface area contributed by atoms with Crippen molar-refractivity contribution in [3.05, 3.63) is 24.3 Å². The number of aromatic nitrogens is 2. The molecule has 0 saturated heterocycles. The molecule has 0 aliphatic rings. The monoisotopic (exact) mass is 294 g/mol. The fraction of sp³-hybridized carbons (Fsp3) is 0.667. The Hall–Kier alpha value is -1.69. The number of nitrogens with zero attached hydrogens (tertiary/aromatic N) is 3. The molecule has 0 radical (unpaired) electrons. The van der Waals surface area contributed by atoms with Crippen molar-refractivity contribution >= 4 is 6.09 Å². The Bertz CT molecular complexity index is 431. The Morgan fingerprint density at radius 1 is 1.43 bits per heavy atom. The van der Waals surface area contributed by atoms with Crippen LogP contribution in [-0.2, 0) is 4.74 Å². The second kappa shape index (κ2) is 7.93. The molecule has 1 atom stereocenters. The van der Waals surface area contributed by atoms with Crippen molar-refractivity contribution in [2.45, 2.75) is 45.8 Å². The van der Waals surface area contributed by atoms with Gasteiger partial charge >= 0.3 is 6.09 Å². The van der Waals surface area contributed by atoms with E-state index in [1.54, 1.807) is 30.5 Å². The first-order valence-electron chi connectivity index (χ1n) is 7.23. The largest absolute Gasteiger partial charge is 0.444 e. The van der Waals surface area contributed by atoms with Gasteiger partial charge in [0.05, 0.1) is 5.69 Å². The summed E-state index contributed by atoms with van der Waals surface area (Å²) < 4.78 is 5.30. The molecule has 0 bridgehead atoms. The molecule has 6 heteroatoms. The topological polar surface area (TPSA) is 67.4 Å². The number of carbonyl (C=O) groups is 1. The second-order valence-corrected chi connectivity index (χ2v) is 6.06. The molecule has 21 heavy (non-hydrogen) atoms. The molecule has 1 aromatic rings. The second-order valence-electron chi connectivity index (χ2n) is 6.06. The van der Waals surface area contributed by atoms with Gasteiger partial charge in [-0.2, -0.15) is 0 Å². The number of nitrogens with one attached hydrogen (secondary N) is 1. The van der Waals surface area contributed by atoms with Crippen molar-refractivity contribution in [1.29, 1.82) is 0 Å². The van der Waals surface area contributed by atoms with Gasteiger partial charge in [0.25, 0.3) is 0 Å². The number of rotatable bonds is 6. The van der Waals surface area contributed by atoms with E-state index in [4.69, 9.17) is 4.74 Å². The highest BCUT2D eigenvalue weighted by Crippen LogP contribution is 2.09. The Morgan fingerprint density at radius 3 is 2.71 bits per heavy atom. The number of hydrogen-bond acceptors (Lipinski definition) is 5. The van der Waals surface area contributed by atoms with E-state index >= 15 is 0 Å². The fourth-order valence-electron chi connectivity index (χ4n) is 1.70. The van der Waals surface area contributed by atoms with E-state index in [-0.39, 0.29) is 12.1 Å². The third kappa shape index (κ3) is 7.04. The van der Waals surface area contributed by atoms with E-state index in [1.807, 2.05) is 27.7 Å². The smallest absolute Gasteiger partial charge is 0.410 e. The summed E-state index contributed by atoms with van der Waals surface area (Å²) in [7, 11) is 1.75. The summed E-state index contributed by atoms with van der Waals surface area (Å²) in [6.45, 7) is 9.08. The van der Waals surface area contributed by atoms with Gasteiger partial charge in [0.1, 0.15) is 5.60 Å². The molecule has 118 valence electrons. The van der Waals surface area contributed by atoms with E-state index in [9.17, 15) is 4.79 Å². The Kier molecular flexibility index (Phi) is 6.55. The maximum atomic E-state index is 11.8. The molecule has 1 N–H and O–H groups in total. The predicted octanol–water partition coefficient (Wildman–Crippen LogP) is 2.38. The van der Waals surface area contributed by atoms with Crippen molar-refractivity contribution in [2.24, 2.45) is 0 Å². The van der Waals surface area contributed by atoms with Gasteiger partial charge in [0.2, 0.25) is 0 Å². The van der Waals surface area contributed by atoms with Crippen LogP contribution in [0.15, 0.2) is 18.6 Å². The summed E-state index contributed by atoms with van der Waals surface area (Å²) >= 11 is 0. The lowest BCUT2D eigenvalue weighted by atomic mass is 10.2. The van der Waals surface area contributed by atoms with Gasteiger partial charge in [0.15, 0.2) is 0 Å². The quantitative estimate of drug-likeness (QED) is 0.816. The van der Waals surface area contributed by atoms with Crippen LogP contribution < -0.4 is 5.32 Å². The number of ether oxygens (including phenoxy) is 1. The van der Waals surface area contributed by atoms with Crippen molar-refractivity contribution in [3.8, 4) is 0 Å². The highest BCUT2D eigenvalue weighted by atomic mass is 16.6. The molecule has 1 aromatic heterocycles. The molecule has 1 rings (SSSR count). The third-order valence-electron chi connectivity index (χ3n) is 2.85. The van der Waals surface area contributed by atoms with Crippen molar-refractivity contribution in [1.82, 2.24) is 20.2 Å². The van der Waals surface area contributed by atoms with Gasteiger partial charge < -0.3 is 15.0 Å². The first-order chi connectivity index (χ1) is 9.79. The number of carbonyl (C=O) groups excluding carboxylic acids is 1. The predicted molar refractivity (Wildman–Crippen MR) is 81.9 cm³/mol. The summed E-state index contributed by atoms with van der Waals surface area (Å²) in [6, 6.07) is 0.144. The van der Waals surface area contributed by atoms with E-state index in [1.165, 1.54) is 0 Å². The molecule has 6 nitrogen and oxygen atoms in total. The lowest BCUT2D eigenvalue weighted by molar-refractivity contribution is 0.0297. The number of amides is 1. The van der Waals surface area contributed by atoms with Gasteiger partial charge in [-0.15, -0.1) is 0 Å². The minimum Gasteiger partial charge on any atom is -0.444 e. The summed E-state index contributed by atoms with van der Waals surface area (Å²) in [4.78, 5) is 21.7. The van der Waals surface area contributed by atoms with Gasteiger partial charge in [-0.25, -0.2) is 4.79 Å². The van der Waals surface area contributed by atoms with Gasteiger partial charge in [-0.05, 0) is 40.7 Å². The minimum absolute atomic E-state index is 0.144. The standard InChI is InChI=1S/C15H26N4O2/c1-12(13-11-16-8-9-18-13)17-7-6-10-19(5)14(20)21-15(2,3)4/h8-9,11-12,17H,6-7,10H2,1-5H3. The highest BCUT2D eigenvalue weighted by molar-refractivity contribution is 5.67. The Morgan fingerprint density at radius 2 is 2.14 bits per heavy atom. The van der Waals surface area contributed by atoms with Crippen LogP contribution in [0.4, 0.5) is 4.79 Å². The van der Waals surface area contributed by atoms with Crippen LogP contribution in [0.2, 0.25) is 0 Å². The Balaban J connectivity index is 2.23. The average molecular weight is 294 g/mol. The summed E-state index contributed by atoms with van der Waals surface area (Å²) in [5.41, 5.74) is 0.461. The molecule has 0 spiro atoms. The zero-order valence-corrected chi connectivity index (χ0v) is 13.6. The fourth-order valence-corrected chi connectivity index (χ4v) is 1.70. The minimum atomic E-state index is -0.454. The van der Waals surface area contributed by atoms with Crippen LogP contribution in [-0.4, -0.2) is 46.7 Å². The number of hydrogen-bond donors (Lipinski definition) is 1. The molecular weight excluding hydrogens is 268 g/mol. The maximum absolute atomic E-state index is 11.8. The van der Waals surface area contributed by atoms with Gasteiger partial charge in [-0.3, -0.25) is 9.97 Å². The molecule has 0 saturated carbocycles. The molecule has 1 amide bonds. The average Bonchev–Trinajstić information content (AvgIpc) is 2.42. The van der Waals surface area contributed by atoms with E-state index in [0.29, 0.717) is 6.54 Å². The van der Waals surface area contributed by atoms with Gasteiger partial charge in [-0.1, -0.05) is 0 Å². The third-order valence-corrected chi connectivity index (χ3v) is 2.85. The summed E-state index contributed by atoms with van der Waals surface area (Å²) in [5.74, 6) is 0. The molecule has 1 unspecified atom stereocenters. The van der Waals surface area contributed by atoms with Crippen LogP contribution in [0.5, 0.6) is 0 Å². The first-order valence-corrected chi connectivity index (χ1v) is 7.23. The van der Waals surface area contributed by atoms with Crippen LogP contribution in [0, 0.1) is 0 Å². The van der Waals surface area contributed by atoms with Crippen molar-refractivity contribution in [2.75, 3.05) is 20.1 Å². The van der Waals surface area contributed by atoms with E-state index < -0.39 is 5.60 Å². The highest BCUT2D eigenvalue weighted by Gasteiger charge is 2.19. The van der Waals surface area contributed by atoms with Crippen LogP contribution in [0.3, 0.4) is 0 Å². The molecular formula is C15H26N4O2. The molecule has 0 aromatic carbocycles. The van der Waals surface area contributed by atoms with Crippen LogP contribution >= 0.6 is 0 Å². The summed E-state index contributed by atoms with van der Waals surface area (Å²) in [5, 5.41) is 3.36. The maximum Gasteiger partial charge on any atom is 0.410 e. The van der Waals surface area contributed by atoms with Crippen molar-refractivity contribution in [3.63, 3.8) is 0 Å². The summed E-state index contributed by atoms with van der Waals surface area (Å²) in [6.07, 6.45) is 5.66. The van der Waals surface area contributed by atoms with Gasteiger partial charge in [0, 0.05) is 38.2 Å². The SMILES string of the molecule is CC(NCCCN(C)C(=O)OC(C)(C)C)c1cnccn1. The van der Waals surface area contributed by atoms with Crippen molar-refractivity contribution < 1.29 is 9.53 Å². The van der Waals surface area contributed by atoms with E-state index in [2.05, 4.69) is 15.3 Å². The first kappa shape index (κ1) is 17.4. The van der Waals surface area contributed by atoms with Crippen LogP contribution in [0.1, 0.15) is 45.9 Å². The molecule has 0 aliphatic carbocycles. The Labute approximate surface area is 126 Å². The molecule has 1 heterocycles. The lowest BCUT2D eigenvalue weighted by Gasteiger charge is -2.24.